The van der Waals surface area contributed by atoms with Crippen LogP contribution >= 0.6 is 0 Å². The van der Waals surface area contributed by atoms with Gasteiger partial charge in [-0.15, -0.1) is 0 Å². The number of rotatable bonds is 8. The molecule has 8 heteroatoms. The molecule has 0 unspecified atom stereocenters. The number of carbonyl (C=O) groups excluding carboxylic acids is 2. The molecule has 3 heterocycles. The van der Waals surface area contributed by atoms with E-state index in [1.54, 1.807) is 0 Å². The average molecular weight is 475 g/mol. The molecule has 4 N–H and O–H groups in total. The fourth-order valence-electron chi connectivity index (χ4n) is 5.11. The standard InChI is InChI=1S/C27H34N6O2/c28-27-21-7-5-19(29-25(34)9-15-32-11-1-2-12-32)17-23(21)31-24-18-20(6-8-22(24)27)30-26(35)10-16-33-13-3-4-14-33/h5-8,17-18H,1-4,9-16H2,(H2,28,31)(H,29,34)(H,30,35). The van der Waals surface area contributed by atoms with Crippen molar-refractivity contribution in [2.45, 2.75) is 38.5 Å². The van der Waals surface area contributed by atoms with Crippen LogP contribution in [-0.4, -0.2) is 65.9 Å². The molecule has 35 heavy (non-hydrogen) atoms. The third-order valence-corrected chi connectivity index (χ3v) is 7.09. The molecule has 2 saturated heterocycles. The molecule has 0 spiro atoms. The molecule has 184 valence electrons. The van der Waals surface area contributed by atoms with Crippen LogP contribution in [0.25, 0.3) is 21.8 Å². The van der Waals surface area contributed by atoms with Crippen LogP contribution in [-0.2, 0) is 9.59 Å². The van der Waals surface area contributed by atoms with Crippen LogP contribution in [0.4, 0.5) is 17.1 Å². The number of benzene rings is 2. The lowest BCUT2D eigenvalue weighted by Crippen LogP contribution is -2.25. The molecule has 8 nitrogen and oxygen atoms in total. The fourth-order valence-corrected chi connectivity index (χ4v) is 5.11. The van der Waals surface area contributed by atoms with Gasteiger partial charge in [-0.25, -0.2) is 4.98 Å². The summed E-state index contributed by atoms with van der Waals surface area (Å²) in [5.41, 5.74) is 9.95. The van der Waals surface area contributed by atoms with E-state index in [1.165, 1.54) is 25.7 Å². The van der Waals surface area contributed by atoms with Gasteiger partial charge in [-0.1, -0.05) is 0 Å². The van der Waals surface area contributed by atoms with Crippen LogP contribution in [0.1, 0.15) is 38.5 Å². The quantitative estimate of drug-likeness (QED) is 0.429. The van der Waals surface area contributed by atoms with Crippen molar-refractivity contribution < 1.29 is 9.59 Å². The number of pyridine rings is 1. The Morgan fingerprint density at radius 1 is 0.743 bits per heavy atom. The lowest BCUT2D eigenvalue weighted by molar-refractivity contribution is -0.117. The smallest absolute Gasteiger partial charge is 0.225 e. The van der Waals surface area contributed by atoms with Crippen LogP contribution in [0.3, 0.4) is 0 Å². The number of amides is 2. The van der Waals surface area contributed by atoms with Gasteiger partial charge in [-0.05, 0) is 88.3 Å². The van der Waals surface area contributed by atoms with E-state index in [9.17, 15) is 9.59 Å². The molecule has 0 saturated carbocycles. The molecule has 2 fully saturated rings. The Kier molecular flexibility index (Phi) is 7.11. The predicted molar refractivity (Wildman–Crippen MR) is 142 cm³/mol. The monoisotopic (exact) mass is 474 g/mol. The van der Waals surface area contributed by atoms with Crippen LogP contribution in [0.5, 0.6) is 0 Å². The van der Waals surface area contributed by atoms with Crippen molar-refractivity contribution in [2.75, 3.05) is 55.6 Å². The van der Waals surface area contributed by atoms with Crippen molar-refractivity contribution in [1.82, 2.24) is 14.8 Å². The van der Waals surface area contributed by atoms with Crippen molar-refractivity contribution in [3.8, 4) is 0 Å². The second kappa shape index (κ2) is 10.6. The highest BCUT2D eigenvalue weighted by Crippen LogP contribution is 2.31. The van der Waals surface area contributed by atoms with Crippen molar-refractivity contribution in [3.63, 3.8) is 0 Å². The largest absolute Gasteiger partial charge is 0.398 e. The number of carbonyl (C=O) groups is 2. The Morgan fingerprint density at radius 3 is 1.60 bits per heavy atom. The Balaban J connectivity index is 1.28. The van der Waals surface area contributed by atoms with Crippen LogP contribution in [0, 0.1) is 0 Å². The molecule has 5 rings (SSSR count). The summed E-state index contributed by atoms with van der Waals surface area (Å²) in [4.78, 5) is 34.3. The first kappa shape index (κ1) is 23.5. The Morgan fingerprint density at radius 2 is 1.17 bits per heavy atom. The van der Waals surface area contributed by atoms with Gasteiger partial charge in [0.05, 0.1) is 16.7 Å². The van der Waals surface area contributed by atoms with Gasteiger partial charge in [-0.2, -0.15) is 0 Å². The molecular formula is C27H34N6O2. The highest BCUT2D eigenvalue weighted by molar-refractivity contribution is 6.08. The third kappa shape index (κ3) is 5.71. The number of nitrogen functional groups attached to an aromatic ring is 1. The van der Waals surface area contributed by atoms with Crippen LogP contribution < -0.4 is 16.4 Å². The summed E-state index contributed by atoms with van der Waals surface area (Å²) in [5, 5.41) is 7.67. The van der Waals surface area contributed by atoms with Gasteiger partial charge in [0.1, 0.15) is 0 Å². The summed E-state index contributed by atoms with van der Waals surface area (Å²) in [6.45, 7) is 5.92. The first-order chi connectivity index (χ1) is 17.0. The number of nitrogens with one attached hydrogen (secondary N) is 2. The first-order valence-corrected chi connectivity index (χ1v) is 12.7. The second-order valence-corrected chi connectivity index (χ2v) is 9.68. The van der Waals surface area contributed by atoms with Crippen LogP contribution in [0.15, 0.2) is 36.4 Å². The summed E-state index contributed by atoms with van der Waals surface area (Å²) in [5.74, 6) is 0.00730. The minimum absolute atomic E-state index is 0.00365. The Labute approximate surface area is 205 Å². The highest BCUT2D eigenvalue weighted by Gasteiger charge is 2.15. The van der Waals surface area contributed by atoms with E-state index in [4.69, 9.17) is 10.7 Å². The normalized spacial score (nSPS) is 16.8. The number of hydrogen-bond acceptors (Lipinski definition) is 6. The van der Waals surface area contributed by atoms with E-state index < -0.39 is 0 Å². The number of nitrogens with two attached hydrogens (primary N) is 1. The summed E-state index contributed by atoms with van der Waals surface area (Å²) in [7, 11) is 0. The predicted octanol–water partition coefficient (Wildman–Crippen LogP) is 3.82. The van der Waals surface area contributed by atoms with Gasteiger partial charge < -0.3 is 26.2 Å². The molecule has 0 radical (unpaired) electrons. The summed E-state index contributed by atoms with van der Waals surface area (Å²) in [6.07, 6.45) is 5.83. The zero-order valence-corrected chi connectivity index (χ0v) is 20.2. The van der Waals surface area contributed by atoms with Crippen molar-refractivity contribution in [1.29, 1.82) is 0 Å². The van der Waals surface area contributed by atoms with Crippen LogP contribution in [0.2, 0.25) is 0 Å². The molecule has 0 aliphatic carbocycles. The summed E-state index contributed by atoms with van der Waals surface area (Å²) >= 11 is 0. The molecular weight excluding hydrogens is 440 g/mol. The molecule has 2 amide bonds. The highest BCUT2D eigenvalue weighted by atomic mass is 16.2. The molecule has 2 aliphatic rings. The maximum Gasteiger partial charge on any atom is 0.225 e. The van der Waals surface area contributed by atoms with E-state index in [0.29, 0.717) is 40.9 Å². The minimum Gasteiger partial charge on any atom is -0.398 e. The van der Waals surface area contributed by atoms with Crippen molar-refractivity contribution >= 4 is 50.7 Å². The van der Waals surface area contributed by atoms with E-state index >= 15 is 0 Å². The third-order valence-electron chi connectivity index (χ3n) is 7.09. The maximum absolute atomic E-state index is 12.4. The number of likely N-dealkylation sites (tertiary alicyclic amines) is 2. The topological polar surface area (TPSA) is 104 Å². The molecule has 0 bridgehead atoms. The lowest BCUT2D eigenvalue weighted by atomic mass is 10.1. The summed E-state index contributed by atoms with van der Waals surface area (Å²) in [6, 6.07) is 11.3. The number of fused-ring (bicyclic) bond motifs is 2. The number of anilines is 3. The van der Waals surface area contributed by atoms with Crippen molar-refractivity contribution in [2.24, 2.45) is 0 Å². The number of aromatic nitrogens is 1. The molecule has 1 aromatic heterocycles. The van der Waals surface area contributed by atoms with Gasteiger partial charge in [0.25, 0.3) is 0 Å². The van der Waals surface area contributed by atoms with Gasteiger partial charge in [0, 0.05) is 48.1 Å². The maximum atomic E-state index is 12.4. The Hall–Kier alpha value is -3.23. The van der Waals surface area contributed by atoms with E-state index in [1.807, 2.05) is 36.4 Å². The van der Waals surface area contributed by atoms with Gasteiger partial charge in [0.15, 0.2) is 0 Å². The number of nitrogens with zero attached hydrogens (tertiary/aromatic N) is 3. The molecule has 3 aromatic rings. The SMILES string of the molecule is Nc1c2ccc(NC(=O)CCN3CCCC3)cc2nc2cc(NC(=O)CCN3CCCC3)ccc12. The number of hydrogen-bond donors (Lipinski definition) is 3. The average Bonchev–Trinajstić information content (AvgIpc) is 3.56. The zero-order valence-electron chi connectivity index (χ0n) is 20.2. The molecule has 0 atom stereocenters. The molecule has 2 aromatic carbocycles. The zero-order chi connectivity index (χ0) is 24.2. The van der Waals surface area contributed by atoms with Crippen molar-refractivity contribution in [3.05, 3.63) is 36.4 Å². The van der Waals surface area contributed by atoms with Gasteiger partial charge in [-0.3, -0.25) is 9.59 Å². The Bertz CT molecular complexity index is 1140. The van der Waals surface area contributed by atoms with Gasteiger partial charge in [0.2, 0.25) is 11.8 Å². The van der Waals surface area contributed by atoms with E-state index in [2.05, 4.69) is 20.4 Å². The summed E-state index contributed by atoms with van der Waals surface area (Å²) < 4.78 is 0. The van der Waals surface area contributed by atoms with Gasteiger partial charge >= 0.3 is 0 Å². The van der Waals surface area contributed by atoms with E-state index in [-0.39, 0.29) is 11.8 Å². The fraction of sp³-hybridized carbons (Fsp3) is 0.444. The molecule has 2 aliphatic heterocycles. The minimum atomic E-state index is 0.00365. The first-order valence-electron chi connectivity index (χ1n) is 12.7. The second-order valence-electron chi connectivity index (χ2n) is 9.68. The van der Waals surface area contributed by atoms with E-state index in [0.717, 1.165) is 50.0 Å². The lowest BCUT2D eigenvalue weighted by Gasteiger charge is -2.15.